The van der Waals surface area contributed by atoms with Gasteiger partial charge in [-0.1, -0.05) is 12.1 Å². The number of carbonyl (C=O) groups excluding carboxylic acids is 3. The Kier molecular flexibility index (Phi) is 7.36. The number of nitrogens with two attached hydrogens (primary N) is 1. The molecule has 0 aliphatic rings. The number of primary amides is 1. The van der Waals surface area contributed by atoms with Gasteiger partial charge in [0.1, 0.15) is 0 Å². The number of carbonyl (C=O) groups is 3. The third-order valence-electron chi connectivity index (χ3n) is 4.04. The van der Waals surface area contributed by atoms with Crippen molar-refractivity contribution in [2.45, 2.75) is 26.3 Å². The fourth-order valence-corrected chi connectivity index (χ4v) is 3.48. The van der Waals surface area contributed by atoms with E-state index in [0.29, 0.717) is 24.3 Å². The van der Waals surface area contributed by atoms with Crippen LogP contribution in [-0.4, -0.2) is 35.8 Å². The molecule has 2 aromatic rings. The summed E-state index contributed by atoms with van der Waals surface area (Å²) in [6.07, 6.45) is 0.0394. The summed E-state index contributed by atoms with van der Waals surface area (Å²) in [6, 6.07) is 9.32. The Morgan fingerprint density at radius 3 is 2.48 bits per heavy atom. The van der Waals surface area contributed by atoms with Gasteiger partial charge in [0, 0.05) is 29.2 Å². The lowest BCUT2D eigenvalue weighted by atomic mass is 10.1. The smallest absolute Gasteiger partial charge is 0.312 e. The number of nitrogens with zero attached hydrogens (tertiary/aromatic N) is 1. The van der Waals surface area contributed by atoms with Crippen LogP contribution in [-0.2, 0) is 4.79 Å². The highest BCUT2D eigenvalue weighted by Crippen LogP contribution is 2.23. The van der Waals surface area contributed by atoms with Gasteiger partial charge in [0.05, 0.1) is 12.5 Å². The highest BCUT2D eigenvalue weighted by atomic mass is 32.1. The van der Waals surface area contributed by atoms with Gasteiger partial charge in [0.25, 0.3) is 5.91 Å². The lowest BCUT2D eigenvalue weighted by molar-refractivity contribution is -0.116. The van der Waals surface area contributed by atoms with E-state index in [2.05, 4.69) is 10.6 Å². The molecular weight excluding hydrogens is 364 g/mol. The second-order valence-corrected chi connectivity index (χ2v) is 6.87. The Morgan fingerprint density at radius 2 is 1.89 bits per heavy atom. The first kappa shape index (κ1) is 20.4. The number of amides is 4. The van der Waals surface area contributed by atoms with Crippen LogP contribution in [0.1, 0.15) is 41.5 Å². The zero-order valence-corrected chi connectivity index (χ0v) is 16.2. The normalized spacial score (nSPS) is 11.5. The van der Waals surface area contributed by atoms with Gasteiger partial charge in [0.2, 0.25) is 5.91 Å². The fraction of sp³-hybridized carbons (Fsp3) is 0.316. The first-order valence-corrected chi connectivity index (χ1v) is 9.61. The van der Waals surface area contributed by atoms with Gasteiger partial charge >= 0.3 is 6.03 Å². The standard InChI is InChI=1S/C19H24N4O3S/c1-3-23(4-2)18(25)13-7-5-8-14(11-13)21-17(24)12-15(22-19(20)26)16-9-6-10-27-16/h5-11,15H,3-4,12H2,1-2H3,(H,21,24)(H3,20,22,26). The minimum Gasteiger partial charge on any atom is -0.352 e. The molecule has 1 unspecified atom stereocenters. The number of urea groups is 1. The van der Waals surface area contributed by atoms with E-state index < -0.39 is 12.1 Å². The van der Waals surface area contributed by atoms with Crippen molar-refractivity contribution >= 4 is 34.9 Å². The molecular formula is C19H24N4O3S. The predicted octanol–water partition coefficient (Wildman–Crippen LogP) is 2.97. The monoisotopic (exact) mass is 388 g/mol. The largest absolute Gasteiger partial charge is 0.352 e. The van der Waals surface area contributed by atoms with Crippen molar-refractivity contribution in [3.05, 3.63) is 52.2 Å². The molecule has 1 heterocycles. The van der Waals surface area contributed by atoms with Crippen LogP contribution in [0, 0.1) is 0 Å². The Labute approximate surface area is 162 Å². The number of hydrogen-bond acceptors (Lipinski definition) is 4. The minimum atomic E-state index is -0.687. The highest BCUT2D eigenvalue weighted by Gasteiger charge is 2.19. The molecule has 144 valence electrons. The summed E-state index contributed by atoms with van der Waals surface area (Å²) in [5.41, 5.74) is 6.26. The van der Waals surface area contributed by atoms with E-state index in [1.165, 1.54) is 11.3 Å². The van der Waals surface area contributed by atoms with E-state index in [9.17, 15) is 14.4 Å². The van der Waals surface area contributed by atoms with Gasteiger partial charge in [-0.25, -0.2) is 4.79 Å². The number of hydrogen-bond donors (Lipinski definition) is 3. The molecule has 27 heavy (non-hydrogen) atoms. The number of rotatable bonds is 8. The van der Waals surface area contributed by atoms with Crippen LogP contribution in [0.3, 0.4) is 0 Å². The van der Waals surface area contributed by atoms with Crippen LogP contribution in [0.25, 0.3) is 0 Å². The molecule has 0 aliphatic carbocycles. The fourth-order valence-electron chi connectivity index (χ4n) is 2.70. The third-order valence-corrected chi connectivity index (χ3v) is 5.02. The SMILES string of the molecule is CCN(CC)C(=O)c1cccc(NC(=O)CC(NC(N)=O)c2cccs2)c1. The molecule has 0 saturated carbocycles. The number of nitrogens with one attached hydrogen (secondary N) is 2. The summed E-state index contributed by atoms with van der Waals surface area (Å²) in [5, 5.41) is 7.23. The van der Waals surface area contributed by atoms with E-state index in [1.54, 1.807) is 29.2 Å². The Bertz CT molecular complexity index is 788. The average molecular weight is 388 g/mol. The maximum atomic E-state index is 12.5. The van der Waals surface area contributed by atoms with Crippen LogP contribution < -0.4 is 16.4 Å². The van der Waals surface area contributed by atoms with Crippen molar-refractivity contribution in [2.75, 3.05) is 18.4 Å². The van der Waals surface area contributed by atoms with Crippen molar-refractivity contribution in [2.24, 2.45) is 5.73 Å². The molecule has 0 aliphatic heterocycles. The first-order valence-electron chi connectivity index (χ1n) is 8.73. The van der Waals surface area contributed by atoms with Crippen molar-refractivity contribution < 1.29 is 14.4 Å². The molecule has 4 N–H and O–H groups in total. The molecule has 0 radical (unpaired) electrons. The molecule has 0 fully saturated rings. The quantitative estimate of drug-likeness (QED) is 0.647. The van der Waals surface area contributed by atoms with Gasteiger partial charge in [-0.2, -0.15) is 0 Å². The summed E-state index contributed by atoms with van der Waals surface area (Å²) >= 11 is 1.44. The van der Waals surface area contributed by atoms with Crippen LogP contribution in [0.15, 0.2) is 41.8 Å². The highest BCUT2D eigenvalue weighted by molar-refractivity contribution is 7.10. The molecule has 7 nitrogen and oxygen atoms in total. The maximum absolute atomic E-state index is 12.5. The molecule has 1 aromatic heterocycles. The summed E-state index contributed by atoms with van der Waals surface area (Å²) in [4.78, 5) is 38.7. The molecule has 4 amide bonds. The van der Waals surface area contributed by atoms with Gasteiger partial charge in [0.15, 0.2) is 0 Å². The number of anilines is 1. The van der Waals surface area contributed by atoms with E-state index in [-0.39, 0.29) is 18.2 Å². The molecule has 0 spiro atoms. The second kappa shape index (κ2) is 9.72. The maximum Gasteiger partial charge on any atom is 0.312 e. The van der Waals surface area contributed by atoms with E-state index in [4.69, 9.17) is 5.73 Å². The Hall–Kier alpha value is -2.87. The Balaban J connectivity index is 2.07. The number of benzene rings is 1. The topological polar surface area (TPSA) is 105 Å². The van der Waals surface area contributed by atoms with E-state index >= 15 is 0 Å². The third kappa shape index (κ3) is 5.82. The zero-order chi connectivity index (χ0) is 19.8. The molecule has 0 bridgehead atoms. The lowest BCUT2D eigenvalue weighted by Gasteiger charge is -2.19. The van der Waals surface area contributed by atoms with Crippen LogP contribution in [0.5, 0.6) is 0 Å². The summed E-state index contributed by atoms with van der Waals surface area (Å²) in [5.74, 6) is -0.363. The van der Waals surface area contributed by atoms with Gasteiger partial charge < -0.3 is 21.3 Å². The predicted molar refractivity (Wildman–Crippen MR) is 107 cm³/mol. The summed E-state index contributed by atoms with van der Waals surface area (Å²) in [7, 11) is 0. The van der Waals surface area contributed by atoms with E-state index in [0.717, 1.165) is 4.88 Å². The van der Waals surface area contributed by atoms with Crippen molar-refractivity contribution in [3.8, 4) is 0 Å². The van der Waals surface area contributed by atoms with Crippen LogP contribution in [0.2, 0.25) is 0 Å². The number of thiophene rings is 1. The van der Waals surface area contributed by atoms with Crippen molar-refractivity contribution in [3.63, 3.8) is 0 Å². The van der Waals surface area contributed by atoms with Gasteiger partial charge in [-0.3, -0.25) is 9.59 Å². The molecule has 1 aromatic carbocycles. The molecule has 2 rings (SSSR count). The van der Waals surface area contributed by atoms with E-state index in [1.807, 2.05) is 31.4 Å². The average Bonchev–Trinajstić information content (AvgIpc) is 3.16. The second-order valence-electron chi connectivity index (χ2n) is 5.89. The minimum absolute atomic E-state index is 0.0394. The lowest BCUT2D eigenvalue weighted by Crippen LogP contribution is -2.35. The van der Waals surface area contributed by atoms with Crippen LogP contribution >= 0.6 is 11.3 Å². The first-order chi connectivity index (χ1) is 12.9. The van der Waals surface area contributed by atoms with Gasteiger partial charge in [-0.15, -0.1) is 11.3 Å². The van der Waals surface area contributed by atoms with Crippen molar-refractivity contribution in [1.29, 1.82) is 0 Å². The Morgan fingerprint density at radius 1 is 1.15 bits per heavy atom. The van der Waals surface area contributed by atoms with Crippen LogP contribution in [0.4, 0.5) is 10.5 Å². The zero-order valence-electron chi connectivity index (χ0n) is 15.4. The summed E-state index contributed by atoms with van der Waals surface area (Å²) in [6.45, 7) is 5.08. The molecule has 1 atom stereocenters. The van der Waals surface area contributed by atoms with Gasteiger partial charge in [-0.05, 0) is 43.5 Å². The van der Waals surface area contributed by atoms with Crippen molar-refractivity contribution in [1.82, 2.24) is 10.2 Å². The summed E-state index contributed by atoms with van der Waals surface area (Å²) < 4.78 is 0. The molecule has 8 heteroatoms. The molecule has 0 saturated heterocycles.